The Morgan fingerprint density at radius 1 is 1.28 bits per heavy atom. The summed E-state index contributed by atoms with van der Waals surface area (Å²) in [6.07, 6.45) is 3.59. The smallest absolute Gasteiger partial charge is 0.231 e. The highest BCUT2D eigenvalue weighted by molar-refractivity contribution is 6.01. The second-order valence-electron chi connectivity index (χ2n) is 4.31. The first-order chi connectivity index (χ1) is 8.65. The lowest BCUT2D eigenvalue weighted by molar-refractivity contribution is -0.117. The number of nitrogen functional groups attached to an aromatic ring is 1. The highest BCUT2D eigenvalue weighted by atomic mass is 16.2. The van der Waals surface area contributed by atoms with Crippen molar-refractivity contribution in [3.05, 3.63) is 36.2 Å². The van der Waals surface area contributed by atoms with Gasteiger partial charge in [0.2, 0.25) is 5.91 Å². The molecule has 5 heteroatoms. The summed E-state index contributed by atoms with van der Waals surface area (Å²) in [7, 11) is 1.79. The van der Waals surface area contributed by atoms with Crippen LogP contribution in [-0.2, 0) is 11.2 Å². The lowest BCUT2D eigenvalue weighted by atomic mass is 10.1. The third kappa shape index (κ3) is 1.60. The van der Waals surface area contributed by atoms with Crippen LogP contribution in [0.3, 0.4) is 0 Å². The number of rotatable bonds is 1. The molecule has 0 fully saturated rings. The van der Waals surface area contributed by atoms with Crippen molar-refractivity contribution in [3.8, 4) is 11.4 Å². The molecule has 3 rings (SSSR count). The number of benzene rings is 1. The minimum atomic E-state index is 0.111. The van der Waals surface area contributed by atoms with Gasteiger partial charge in [0.25, 0.3) is 0 Å². The van der Waals surface area contributed by atoms with Gasteiger partial charge >= 0.3 is 0 Å². The molecule has 2 N–H and O–H groups in total. The van der Waals surface area contributed by atoms with E-state index in [-0.39, 0.29) is 5.91 Å². The van der Waals surface area contributed by atoms with E-state index in [9.17, 15) is 4.79 Å². The number of carbonyl (C=O) groups is 1. The van der Waals surface area contributed by atoms with Crippen LogP contribution in [0.5, 0.6) is 0 Å². The molecule has 2 aromatic rings. The first kappa shape index (κ1) is 10.7. The third-order valence-electron chi connectivity index (χ3n) is 3.09. The van der Waals surface area contributed by atoms with Crippen LogP contribution in [0.4, 0.5) is 11.4 Å². The molecule has 2 heterocycles. The standard InChI is InChI=1S/C13H12N4O/c1-17-11-3-2-8(4-9(11)5-12(17)18)13-15-6-10(14)7-16-13/h2-4,6-7H,5,14H2,1H3. The normalized spacial score (nSPS) is 13.8. The molecule has 90 valence electrons. The minimum Gasteiger partial charge on any atom is -0.396 e. The van der Waals surface area contributed by atoms with E-state index in [1.165, 1.54) is 0 Å². The molecule has 0 bridgehead atoms. The molecule has 0 spiro atoms. The van der Waals surface area contributed by atoms with Crippen molar-refractivity contribution in [2.24, 2.45) is 0 Å². The maximum atomic E-state index is 11.6. The SMILES string of the molecule is CN1C(=O)Cc2cc(-c3ncc(N)cn3)ccc21. The predicted octanol–water partition coefficient (Wildman–Crippen LogP) is 1.24. The molecule has 1 aliphatic rings. The van der Waals surface area contributed by atoms with E-state index in [2.05, 4.69) is 9.97 Å². The fraction of sp³-hybridized carbons (Fsp3) is 0.154. The molecule has 1 aromatic carbocycles. The number of hydrogen-bond acceptors (Lipinski definition) is 4. The Balaban J connectivity index is 2.04. The summed E-state index contributed by atoms with van der Waals surface area (Å²) in [5.74, 6) is 0.731. The van der Waals surface area contributed by atoms with E-state index in [0.717, 1.165) is 16.8 Å². The molecule has 0 saturated carbocycles. The average Bonchev–Trinajstić information content (AvgIpc) is 2.65. The summed E-state index contributed by atoms with van der Waals surface area (Å²) >= 11 is 0. The summed E-state index contributed by atoms with van der Waals surface area (Å²) in [6.45, 7) is 0. The number of hydrogen-bond donors (Lipinski definition) is 1. The molecule has 5 nitrogen and oxygen atoms in total. The van der Waals surface area contributed by atoms with Crippen molar-refractivity contribution in [2.75, 3.05) is 17.7 Å². The maximum absolute atomic E-state index is 11.6. The lowest BCUT2D eigenvalue weighted by Crippen LogP contribution is -2.20. The Morgan fingerprint density at radius 2 is 2.00 bits per heavy atom. The minimum absolute atomic E-state index is 0.111. The zero-order chi connectivity index (χ0) is 12.7. The summed E-state index contributed by atoms with van der Waals surface area (Å²) in [5.41, 5.74) is 8.96. The van der Waals surface area contributed by atoms with Crippen molar-refractivity contribution in [1.29, 1.82) is 0 Å². The third-order valence-corrected chi connectivity index (χ3v) is 3.09. The fourth-order valence-corrected chi connectivity index (χ4v) is 2.10. The van der Waals surface area contributed by atoms with Crippen molar-refractivity contribution < 1.29 is 4.79 Å². The molecule has 1 amide bonds. The predicted molar refractivity (Wildman–Crippen MR) is 69.0 cm³/mol. The number of amides is 1. The van der Waals surface area contributed by atoms with Gasteiger partial charge < -0.3 is 10.6 Å². The Bertz CT molecular complexity index is 621. The molecule has 0 aliphatic carbocycles. The van der Waals surface area contributed by atoms with E-state index in [1.54, 1.807) is 24.3 Å². The van der Waals surface area contributed by atoms with E-state index in [4.69, 9.17) is 5.73 Å². The van der Waals surface area contributed by atoms with Gasteiger partial charge in [0.05, 0.1) is 24.5 Å². The average molecular weight is 240 g/mol. The van der Waals surface area contributed by atoms with E-state index >= 15 is 0 Å². The monoisotopic (exact) mass is 240 g/mol. The zero-order valence-corrected chi connectivity index (χ0v) is 9.92. The van der Waals surface area contributed by atoms with E-state index < -0.39 is 0 Å². The summed E-state index contributed by atoms with van der Waals surface area (Å²) < 4.78 is 0. The molecule has 0 radical (unpaired) electrons. The molecule has 1 aromatic heterocycles. The zero-order valence-electron chi connectivity index (χ0n) is 9.92. The maximum Gasteiger partial charge on any atom is 0.231 e. The van der Waals surface area contributed by atoms with Gasteiger partial charge in [0.15, 0.2) is 5.82 Å². The molecule has 18 heavy (non-hydrogen) atoms. The largest absolute Gasteiger partial charge is 0.396 e. The van der Waals surface area contributed by atoms with Gasteiger partial charge in [-0.25, -0.2) is 9.97 Å². The Kier molecular flexibility index (Phi) is 2.26. The molecule has 0 saturated heterocycles. The lowest BCUT2D eigenvalue weighted by Gasteiger charge is -2.10. The molecule has 1 aliphatic heterocycles. The van der Waals surface area contributed by atoms with Gasteiger partial charge in [-0.1, -0.05) is 0 Å². The second-order valence-corrected chi connectivity index (χ2v) is 4.31. The molecular weight excluding hydrogens is 228 g/mol. The number of likely N-dealkylation sites (N-methyl/N-ethyl adjacent to an activating group) is 1. The van der Waals surface area contributed by atoms with Crippen LogP contribution in [0.15, 0.2) is 30.6 Å². The first-order valence-corrected chi connectivity index (χ1v) is 5.62. The van der Waals surface area contributed by atoms with Crippen LogP contribution in [0.2, 0.25) is 0 Å². The van der Waals surface area contributed by atoms with Gasteiger partial charge in [-0.15, -0.1) is 0 Å². The van der Waals surface area contributed by atoms with Crippen molar-refractivity contribution >= 4 is 17.3 Å². The Labute approximate surface area is 104 Å². The summed E-state index contributed by atoms with van der Waals surface area (Å²) in [6, 6.07) is 5.80. The fourth-order valence-electron chi connectivity index (χ4n) is 2.10. The molecule has 0 unspecified atom stereocenters. The van der Waals surface area contributed by atoms with Crippen LogP contribution in [-0.4, -0.2) is 22.9 Å². The molecule has 0 atom stereocenters. The van der Waals surface area contributed by atoms with Gasteiger partial charge in [-0.3, -0.25) is 4.79 Å². The number of anilines is 2. The van der Waals surface area contributed by atoms with Gasteiger partial charge in [0, 0.05) is 18.3 Å². The van der Waals surface area contributed by atoms with Crippen LogP contribution >= 0.6 is 0 Å². The number of fused-ring (bicyclic) bond motifs is 1. The summed E-state index contributed by atoms with van der Waals surface area (Å²) in [5, 5.41) is 0. The van der Waals surface area contributed by atoms with Crippen LogP contribution in [0.1, 0.15) is 5.56 Å². The Hall–Kier alpha value is -2.43. The van der Waals surface area contributed by atoms with Gasteiger partial charge in [-0.05, 0) is 23.8 Å². The van der Waals surface area contributed by atoms with Crippen molar-refractivity contribution in [3.63, 3.8) is 0 Å². The second kappa shape index (κ2) is 3.80. The Morgan fingerprint density at radius 3 is 2.72 bits per heavy atom. The van der Waals surface area contributed by atoms with Crippen molar-refractivity contribution in [2.45, 2.75) is 6.42 Å². The highest BCUT2D eigenvalue weighted by Gasteiger charge is 2.24. The first-order valence-electron chi connectivity index (χ1n) is 5.62. The van der Waals surface area contributed by atoms with Gasteiger partial charge in [0.1, 0.15) is 0 Å². The quantitative estimate of drug-likeness (QED) is 0.814. The highest BCUT2D eigenvalue weighted by Crippen LogP contribution is 2.30. The number of carbonyl (C=O) groups excluding carboxylic acids is 1. The summed E-state index contributed by atoms with van der Waals surface area (Å²) in [4.78, 5) is 21.6. The number of nitrogens with two attached hydrogens (primary N) is 1. The van der Waals surface area contributed by atoms with E-state index in [1.807, 2.05) is 18.2 Å². The molecular formula is C13H12N4O. The van der Waals surface area contributed by atoms with Crippen molar-refractivity contribution in [1.82, 2.24) is 9.97 Å². The number of aromatic nitrogens is 2. The topological polar surface area (TPSA) is 72.1 Å². The van der Waals surface area contributed by atoms with E-state index in [0.29, 0.717) is 17.9 Å². The van der Waals surface area contributed by atoms with Gasteiger partial charge in [-0.2, -0.15) is 0 Å². The van der Waals surface area contributed by atoms with Crippen LogP contribution in [0, 0.1) is 0 Å². The van der Waals surface area contributed by atoms with Crippen LogP contribution in [0.25, 0.3) is 11.4 Å². The number of nitrogens with zero attached hydrogens (tertiary/aromatic N) is 3. The van der Waals surface area contributed by atoms with Crippen LogP contribution < -0.4 is 10.6 Å².